The third kappa shape index (κ3) is 4.95. The van der Waals surface area contributed by atoms with Gasteiger partial charge in [0.2, 0.25) is 5.91 Å². The zero-order chi connectivity index (χ0) is 16.9. The minimum Gasteiger partial charge on any atom is -0.462 e. The van der Waals surface area contributed by atoms with E-state index in [1.807, 2.05) is 12.1 Å². The van der Waals surface area contributed by atoms with Crippen molar-refractivity contribution in [2.45, 2.75) is 57.7 Å². The molecule has 0 bridgehead atoms. The number of nitrogens with one attached hydrogen (secondary N) is 2. The number of benzene rings is 1. The van der Waals surface area contributed by atoms with Crippen LogP contribution >= 0.6 is 12.4 Å². The van der Waals surface area contributed by atoms with Gasteiger partial charge in [-0.3, -0.25) is 4.79 Å². The minimum atomic E-state index is -0.314. The molecule has 2 fully saturated rings. The van der Waals surface area contributed by atoms with E-state index in [1.54, 1.807) is 19.1 Å². The number of carbonyl (C=O) groups excluding carboxylic acids is 2. The lowest BCUT2D eigenvalue weighted by Crippen LogP contribution is -2.42. The van der Waals surface area contributed by atoms with Gasteiger partial charge >= 0.3 is 5.97 Å². The van der Waals surface area contributed by atoms with Crippen molar-refractivity contribution in [3.8, 4) is 0 Å². The highest BCUT2D eigenvalue weighted by Crippen LogP contribution is 2.33. The number of ether oxygens (including phenoxy) is 1. The largest absolute Gasteiger partial charge is 0.462 e. The second kappa shape index (κ2) is 9.20. The fourth-order valence-electron chi connectivity index (χ4n) is 3.81. The van der Waals surface area contributed by atoms with Crippen LogP contribution in [0.5, 0.6) is 0 Å². The van der Waals surface area contributed by atoms with Crippen molar-refractivity contribution in [1.82, 2.24) is 10.6 Å². The van der Waals surface area contributed by atoms with Crippen molar-refractivity contribution in [3.63, 3.8) is 0 Å². The van der Waals surface area contributed by atoms with Gasteiger partial charge in [-0.25, -0.2) is 4.79 Å². The second-order valence-corrected chi connectivity index (χ2v) is 6.74. The summed E-state index contributed by atoms with van der Waals surface area (Å²) in [5.41, 5.74) is 1.51. The average molecular weight is 367 g/mol. The summed E-state index contributed by atoms with van der Waals surface area (Å²) < 4.78 is 4.96. The first-order valence-electron chi connectivity index (χ1n) is 8.97. The lowest BCUT2D eigenvalue weighted by Gasteiger charge is -2.24. The van der Waals surface area contributed by atoms with Crippen molar-refractivity contribution in [3.05, 3.63) is 35.4 Å². The van der Waals surface area contributed by atoms with E-state index in [2.05, 4.69) is 10.6 Å². The molecule has 2 aliphatic rings. The molecule has 6 heteroatoms. The molecule has 1 aliphatic carbocycles. The summed E-state index contributed by atoms with van der Waals surface area (Å²) in [6, 6.07) is 7.65. The van der Waals surface area contributed by atoms with Gasteiger partial charge in [-0.1, -0.05) is 25.0 Å². The third-order valence-corrected chi connectivity index (χ3v) is 5.11. The highest BCUT2D eigenvalue weighted by atomic mass is 35.5. The predicted octanol–water partition coefficient (Wildman–Crippen LogP) is 2.82. The fourth-order valence-corrected chi connectivity index (χ4v) is 3.81. The molecule has 1 heterocycles. The van der Waals surface area contributed by atoms with Gasteiger partial charge in [-0.15, -0.1) is 12.4 Å². The monoisotopic (exact) mass is 366 g/mol. The second-order valence-electron chi connectivity index (χ2n) is 6.74. The van der Waals surface area contributed by atoms with E-state index in [0.29, 0.717) is 30.7 Å². The first-order chi connectivity index (χ1) is 11.7. The Morgan fingerprint density at radius 2 is 1.92 bits per heavy atom. The highest BCUT2D eigenvalue weighted by Gasteiger charge is 2.37. The lowest BCUT2D eigenvalue weighted by molar-refractivity contribution is -0.123. The number of rotatable bonds is 5. The Morgan fingerprint density at radius 3 is 2.60 bits per heavy atom. The van der Waals surface area contributed by atoms with E-state index < -0.39 is 0 Å². The Hall–Kier alpha value is -1.59. The van der Waals surface area contributed by atoms with Gasteiger partial charge in [0.25, 0.3) is 0 Å². The number of amides is 1. The van der Waals surface area contributed by atoms with Gasteiger partial charge in [0.1, 0.15) is 0 Å². The summed E-state index contributed by atoms with van der Waals surface area (Å²) in [5, 5.41) is 6.50. The molecular weight excluding hydrogens is 340 g/mol. The number of hydrogen-bond donors (Lipinski definition) is 2. The molecule has 3 rings (SSSR count). The Kier molecular flexibility index (Phi) is 7.26. The van der Waals surface area contributed by atoms with Crippen LogP contribution in [0.15, 0.2) is 24.3 Å². The van der Waals surface area contributed by atoms with Crippen LogP contribution in [0, 0.1) is 5.92 Å². The van der Waals surface area contributed by atoms with E-state index in [1.165, 1.54) is 25.7 Å². The molecule has 1 aliphatic heterocycles. The molecule has 0 spiro atoms. The maximum atomic E-state index is 12.4. The minimum absolute atomic E-state index is 0. The lowest BCUT2D eigenvalue weighted by atomic mass is 9.85. The predicted molar refractivity (Wildman–Crippen MR) is 98.8 cm³/mol. The van der Waals surface area contributed by atoms with Gasteiger partial charge in [0.05, 0.1) is 18.2 Å². The molecule has 138 valence electrons. The van der Waals surface area contributed by atoms with Gasteiger partial charge in [-0.05, 0) is 49.8 Å². The Morgan fingerprint density at radius 1 is 1.20 bits per heavy atom. The highest BCUT2D eigenvalue weighted by molar-refractivity contribution is 5.89. The molecule has 3 atom stereocenters. The molecule has 0 aromatic heterocycles. The van der Waals surface area contributed by atoms with E-state index in [9.17, 15) is 9.59 Å². The Bertz CT molecular complexity index is 577. The van der Waals surface area contributed by atoms with Crippen molar-refractivity contribution < 1.29 is 14.3 Å². The van der Waals surface area contributed by atoms with E-state index in [0.717, 1.165) is 12.0 Å². The number of hydrogen-bond acceptors (Lipinski definition) is 4. The molecule has 2 N–H and O–H groups in total. The Balaban J connectivity index is 0.00000225. The van der Waals surface area contributed by atoms with Gasteiger partial charge < -0.3 is 15.4 Å². The molecular formula is C19H27ClN2O3. The van der Waals surface area contributed by atoms with Gasteiger partial charge in [-0.2, -0.15) is 0 Å². The van der Waals surface area contributed by atoms with E-state index in [-0.39, 0.29) is 30.3 Å². The number of esters is 1. The molecule has 3 unspecified atom stereocenters. The van der Waals surface area contributed by atoms with Crippen LogP contribution < -0.4 is 10.6 Å². The van der Waals surface area contributed by atoms with Crippen LogP contribution in [0.4, 0.5) is 0 Å². The van der Waals surface area contributed by atoms with Crippen molar-refractivity contribution >= 4 is 24.3 Å². The van der Waals surface area contributed by atoms with Gasteiger partial charge in [0, 0.05) is 12.6 Å². The average Bonchev–Trinajstić information content (AvgIpc) is 3.04. The fraction of sp³-hybridized carbons (Fsp3) is 0.579. The Labute approximate surface area is 155 Å². The SMILES string of the molecule is CCOC(=O)c1ccc(CNC(=O)C2CC3CCCCC3N2)cc1.Cl. The third-order valence-electron chi connectivity index (χ3n) is 5.11. The quantitative estimate of drug-likeness (QED) is 0.786. The summed E-state index contributed by atoms with van der Waals surface area (Å²) in [5.74, 6) is 0.433. The van der Waals surface area contributed by atoms with Crippen molar-refractivity contribution in [1.29, 1.82) is 0 Å². The van der Waals surface area contributed by atoms with E-state index >= 15 is 0 Å². The smallest absolute Gasteiger partial charge is 0.338 e. The summed E-state index contributed by atoms with van der Waals surface area (Å²) in [7, 11) is 0. The van der Waals surface area contributed by atoms with Crippen LogP contribution in [-0.2, 0) is 16.1 Å². The molecule has 1 aromatic rings. The maximum Gasteiger partial charge on any atom is 0.338 e. The first kappa shape index (κ1) is 19.7. The molecule has 1 saturated heterocycles. The van der Waals surface area contributed by atoms with Crippen LogP contribution in [0.3, 0.4) is 0 Å². The number of halogens is 1. The number of fused-ring (bicyclic) bond motifs is 1. The summed E-state index contributed by atoms with van der Waals surface area (Å²) >= 11 is 0. The van der Waals surface area contributed by atoms with E-state index in [4.69, 9.17) is 4.74 Å². The normalized spacial score (nSPS) is 24.8. The van der Waals surface area contributed by atoms with Crippen LogP contribution in [-0.4, -0.2) is 30.6 Å². The molecule has 0 radical (unpaired) electrons. The van der Waals surface area contributed by atoms with Crippen molar-refractivity contribution in [2.24, 2.45) is 5.92 Å². The van der Waals surface area contributed by atoms with Gasteiger partial charge in [0.15, 0.2) is 0 Å². The van der Waals surface area contributed by atoms with Crippen LogP contribution in [0.1, 0.15) is 54.9 Å². The topological polar surface area (TPSA) is 67.4 Å². The molecule has 1 aromatic carbocycles. The van der Waals surface area contributed by atoms with Crippen LogP contribution in [0.25, 0.3) is 0 Å². The molecule has 1 saturated carbocycles. The first-order valence-corrected chi connectivity index (χ1v) is 8.97. The number of carbonyl (C=O) groups is 2. The summed E-state index contributed by atoms with van der Waals surface area (Å²) in [6.45, 7) is 2.64. The maximum absolute atomic E-state index is 12.4. The molecule has 1 amide bonds. The standard InChI is InChI=1S/C19H26N2O3.ClH/c1-2-24-19(23)14-9-7-13(8-10-14)12-20-18(22)17-11-15-5-3-4-6-16(15)21-17;/h7-10,15-17,21H,2-6,11-12H2,1H3,(H,20,22);1H. The zero-order valence-electron chi connectivity index (χ0n) is 14.6. The molecule has 5 nitrogen and oxygen atoms in total. The molecule has 25 heavy (non-hydrogen) atoms. The van der Waals surface area contributed by atoms with Crippen LogP contribution in [0.2, 0.25) is 0 Å². The zero-order valence-corrected chi connectivity index (χ0v) is 15.4. The summed E-state index contributed by atoms with van der Waals surface area (Å²) in [6.07, 6.45) is 5.97. The summed E-state index contributed by atoms with van der Waals surface area (Å²) in [4.78, 5) is 24.0. The van der Waals surface area contributed by atoms with Crippen molar-refractivity contribution in [2.75, 3.05) is 6.61 Å².